The maximum Gasteiger partial charge on any atom is 0.223 e. The van der Waals surface area contributed by atoms with E-state index < -0.39 is 0 Å². The summed E-state index contributed by atoms with van der Waals surface area (Å²) in [6.07, 6.45) is 1.59. The van der Waals surface area contributed by atoms with Gasteiger partial charge in [0.15, 0.2) is 5.78 Å². The fourth-order valence-electron chi connectivity index (χ4n) is 2.36. The van der Waals surface area contributed by atoms with Crippen LogP contribution in [0.5, 0.6) is 0 Å². The molecule has 0 bridgehead atoms. The van der Waals surface area contributed by atoms with Crippen LogP contribution in [-0.2, 0) is 4.79 Å². The Morgan fingerprint density at radius 1 is 1.10 bits per heavy atom. The van der Waals surface area contributed by atoms with E-state index in [0.29, 0.717) is 18.4 Å². The van der Waals surface area contributed by atoms with E-state index >= 15 is 0 Å². The second-order valence-electron chi connectivity index (χ2n) is 5.27. The van der Waals surface area contributed by atoms with Crippen LogP contribution >= 0.6 is 0 Å². The number of hydrogen-bond acceptors (Lipinski definition) is 3. The Bertz CT molecular complexity index is 460. The normalized spacial score (nSPS) is 15.8. The molecule has 0 aliphatic carbocycles. The van der Waals surface area contributed by atoms with Gasteiger partial charge in [-0.2, -0.15) is 0 Å². The number of aryl methyl sites for hydroxylation is 1. The molecule has 108 valence electrons. The molecule has 20 heavy (non-hydrogen) atoms. The average molecular weight is 274 g/mol. The molecule has 1 saturated heterocycles. The van der Waals surface area contributed by atoms with Gasteiger partial charge in [0.25, 0.3) is 0 Å². The van der Waals surface area contributed by atoms with E-state index in [2.05, 4.69) is 5.32 Å². The molecule has 0 spiro atoms. The van der Waals surface area contributed by atoms with Gasteiger partial charge in [0.2, 0.25) is 5.91 Å². The van der Waals surface area contributed by atoms with Crippen molar-refractivity contribution in [1.29, 1.82) is 0 Å². The van der Waals surface area contributed by atoms with Crippen LogP contribution < -0.4 is 5.32 Å². The van der Waals surface area contributed by atoms with E-state index in [1.165, 1.54) is 0 Å². The molecule has 4 heteroatoms. The Labute approximate surface area is 120 Å². The van der Waals surface area contributed by atoms with E-state index in [-0.39, 0.29) is 11.7 Å². The molecule has 0 radical (unpaired) electrons. The van der Waals surface area contributed by atoms with Gasteiger partial charge >= 0.3 is 0 Å². The lowest BCUT2D eigenvalue weighted by atomic mass is 10.0. The van der Waals surface area contributed by atoms with Crippen LogP contribution in [0.25, 0.3) is 0 Å². The predicted octanol–water partition coefficient (Wildman–Crippen LogP) is 1.78. The van der Waals surface area contributed by atoms with Crippen molar-refractivity contribution in [3.8, 4) is 0 Å². The molecule has 0 atom stereocenters. The molecule has 1 fully saturated rings. The van der Waals surface area contributed by atoms with Gasteiger partial charge in [0.05, 0.1) is 0 Å². The standard InChI is InChI=1S/C16H22N2O2/c1-13-3-5-14(6-4-13)15(19)7-8-16(20)18-11-2-9-17-10-12-18/h3-6,17H,2,7-12H2,1H3. The zero-order chi connectivity index (χ0) is 14.4. The van der Waals surface area contributed by atoms with Crippen molar-refractivity contribution in [3.05, 3.63) is 35.4 Å². The number of hydrogen-bond donors (Lipinski definition) is 1. The monoisotopic (exact) mass is 274 g/mol. The molecule has 0 unspecified atom stereocenters. The van der Waals surface area contributed by atoms with Crippen LogP contribution in [0.3, 0.4) is 0 Å². The number of benzene rings is 1. The number of nitrogens with one attached hydrogen (secondary N) is 1. The molecule has 1 aliphatic heterocycles. The van der Waals surface area contributed by atoms with Gasteiger partial charge in [0.1, 0.15) is 0 Å². The van der Waals surface area contributed by atoms with Crippen LogP contribution in [0.2, 0.25) is 0 Å². The van der Waals surface area contributed by atoms with Crippen molar-refractivity contribution in [2.45, 2.75) is 26.2 Å². The summed E-state index contributed by atoms with van der Waals surface area (Å²) >= 11 is 0. The molecule has 4 nitrogen and oxygen atoms in total. The Morgan fingerprint density at radius 3 is 2.60 bits per heavy atom. The van der Waals surface area contributed by atoms with Crippen molar-refractivity contribution in [1.82, 2.24) is 10.2 Å². The first-order valence-electron chi connectivity index (χ1n) is 7.25. The average Bonchev–Trinajstić information content (AvgIpc) is 2.74. The number of ketones is 1. The van der Waals surface area contributed by atoms with E-state index in [9.17, 15) is 9.59 Å². The maximum atomic E-state index is 12.1. The van der Waals surface area contributed by atoms with Crippen LogP contribution in [0.1, 0.15) is 35.2 Å². The summed E-state index contributed by atoms with van der Waals surface area (Å²) in [6.45, 7) is 5.34. The van der Waals surface area contributed by atoms with Crippen LogP contribution in [-0.4, -0.2) is 42.8 Å². The summed E-state index contributed by atoms with van der Waals surface area (Å²) < 4.78 is 0. The Kier molecular flexibility index (Phi) is 5.30. The summed E-state index contributed by atoms with van der Waals surface area (Å²) in [6, 6.07) is 7.51. The second-order valence-corrected chi connectivity index (χ2v) is 5.27. The minimum atomic E-state index is 0.0475. The number of carbonyl (C=O) groups is 2. The number of rotatable bonds is 4. The highest BCUT2D eigenvalue weighted by atomic mass is 16.2. The summed E-state index contributed by atoms with van der Waals surface area (Å²) in [4.78, 5) is 26.0. The van der Waals surface area contributed by atoms with Gasteiger partial charge in [-0.1, -0.05) is 29.8 Å². The van der Waals surface area contributed by atoms with Gasteiger partial charge in [-0.3, -0.25) is 9.59 Å². The minimum Gasteiger partial charge on any atom is -0.341 e. The SMILES string of the molecule is Cc1ccc(C(=O)CCC(=O)N2CCCNCC2)cc1. The third kappa shape index (κ3) is 4.17. The highest BCUT2D eigenvalue weighted by Crippen LogP contribution is 2.09. The van der Waals surface area contributed by atoms with E-state index in [0.717, 1.165) is 38.2 Å². The number of carbonyl (C=O) groups excluding carboxylic acids is 2. The summed E-state index contributed by atoms with van der Waals surface area (Å²) in [7, 11) is 0. The molecule has 1 aromatic carbocycles. The van der Waals surface area contributed by atoms with Crippen LogP contribution in [0.15, 0.2) is 24.3 Å². The van der Waals surface area contributed by atoms with Gasteiger partial charge in [-0.05, 0) is 19.9 Å². The molecular formula is C16H22N2O2. The molecule has 1 heterocycles. The molecule has 1 N–H and O–H groups in total. The maximum absolute atomic E-state index is 12.1. The zero-order valence-electron chi connectivity index (χ0n) is 12.0. The smallest absolute Gasteiger partial charge is 0.223 e. The Balaban J connectivity index is 1.83. The Morgan fingerprint density at radius 2 is 1.85 bits per heavy atom. The molecule has 0 saturated carbocycles. The van der Waals surface area contributed by atoms with E-state index in [4.69, 9.17) is 0 Å². The largest absolute Gasteiger partial charge is 0.341 e. The zero-order valence-corrected chi connectivity index (χ0v) is 12.0. The quantitative estimate of drug-likeness (QED) is 0.851. The number of nitrogens with zero attached hydrogens (tertiary/aromatic N) is 1. The molecule has 2 rings (SSSR count). The van der Waals surface area contributed by atoms with Crippen LogP contribution in [0.4, 0.5) is 0 Å². The number of Topliss-reactive ketones (excluding diaryl/α,β-unsaturated/α-hetero) is 1. The molecule has 1 aromatic rings. The van der Waals surface area contributed by atoms with Crippen molar-refractivity contribution in [2.75, 3.05) is 26.2 Å². The molecule has 1 amide bonds. The lowest BCUT2D eigenvalue weighted by Gasteiger charge is -2.19. The van der Waals surface area contributed by atoms with Crippen molar-refractivity contribution < 1.29 is 9.59 Å². The first-order chi connectivity index (χ1) is 9.66. The predicted molar refractivity (Wildman–Crippen MR) is 78.8 cm³/mol. The first-order valence-corrected chi connectivity index (χ1v) is 7.25. The summed E-state index contributed by atoms with van der Waals surface area (Å²) in [5.74, 6) is 0.139. The van der Waals surface area contributed by atoms with E-state index in [1.807, 2.05) is 36.1 Å². The third-order valence-corrected chi connectivity index (χ3v) is 3.63. The first kappa shape index (κ1) is 14.7. The summed E-state index contributed by atoms with van der Waals surface area (Å²) in [5.41, 5.74) is 1.83. The molecule has 1 aliphatic rings. The lowest BCUT2D eigenvalue weighted by Crippen LogP contribution is -2.34. The van der Waals surface area contributed by atoms with Crippen molar-refractivity contribution in [3.63, 3.8) is 0 Å². The lowest BCUT2D eigenvalue weighted by molar-refractivity contribution is -0.130. The highest BCUT2D eigenvalue weighted by Gasteiger charge is 2.16. The second kappa shape index (κ2) is 7.20. The summed E-state index contributed by atoms with van der Waals surface area (Å²) in [5, 5.41) is 3.27. The molecular weight excluding hydrogens is 252 g/mol. The minimum absolute atomic E-state index is 0.0475. The van der Waals surface area contributed by atoms with Crippen LogP contribution in [0, 0.1) is 6.92 Å². The fraction of sp³-hybridized carbons (Fsp3) is 0.500. The van der Waals surface area contributed by atoms with Gasteiger partial charge in [-0.15, -0.1) is 0 Å². The van der Waals surface area contributed by atoms with Crippen molar-refractivity contribution in [2.24, 2.45) is 0 Å². The Hall–Kier alpha value is -1.68. The fourth-order valence-corrected chi connectivity index (χ4v) is 2.36. The van der Waals surface area contributed by atoms with Gasteiger partial charge in [0, 0.05) is 38.0 Å². The van der Waals surface area contributed by atoms with Gasteiger partial charge in [-0.25, -0.2) is 0 Å². The van der Waals surface area contributed by atoms with E-state index in [1.54, 1.807) is 0 Å². The number of amides is 1. The highest BCUT2D eigenvalue weighted by molar-refractivity contribution is 5.97. The van der Waals surface area contributed by atoms with Gasteiger partial charge < -0.3 is 10.2 Å². The topological polar surface area (TPSA) is 49.4 Å². The third-order valence-electron chi connectivity index (χ3n) is 3.63. The van der Waals surface area contributed by atoms with Crippen molar-refractivity contribution >= 4 is 11.7 Å². The molecule has 0 aromatic heterocycles.